The van der Waals surface area contributed by atoms with Crippen molar-refractivity contribution in [3.63, 3.8) is 0 Å². The van der Waals surface area contributed by atoms with Gasteiger partial charge in [-0.05, 0) is 12.1 Å². The van der Waals surface area contributed by atoms with Crippen LogP contribution in [0.15, 0.2) is 24.4 Å². The van der Waals surface area contributed by atoms with Crippen LogP contribution >= 0.6 is 0 Å². The van der Waals surface area contributed by atoms with Crippen LogP contribution in [-0.2, 0) is 6.61 Å². The van der Waals surface area contributed by atoms with Crippen LogP contribution in [0.3, 0.4) is 0 Å². The zero-order valence-corrected chi connectivity index (χ0v) is 8.95. The van der Waals surface area contributed by atoms with Crippen LogP contribution in [0.5, 0.6) is 0 Å². The number of aliphatic hydroxyl groups excluding tert-OH is 1. The standard InChI is InChI=1S/C11H8F4N2O/c12-7-1-2-9(8(13)3-7)17-10(11(14)15)6(5-18)4-16-17/h1-4,11,18H,5H2. The van der Waals surface area contributed by atoms with Gasteiger partial charge in [0, 0.05) is 11.6 Å². The van der Waals surface area contributed by atoms with Gasteiger partial charge in [-0.25, -0.2) is 22.2 Å². The third-order valence-electron chi connectivity index (χ3n) is 2.40. The third kappa shape index (κ3) is 2.08. The fourth-order valence-electron chi connectivity index (χ4n) is 1.59. The van der Waals surface area contributed by atoms with E-state index < -0.39 is 30.4 Å². The number of aromatic nitrogens is 2. The summed E-state index contributed by atoms with van der Waals surface area (Å²) in [4.78, 5) is 0. The molecule has 0 atom stereocenters. The molecule has 1 aromatic carbocycles. The molecule has 2 rings (SSSR count). The Balaban J connectivity index is 2.60. The number of hydrogen-bond donors (Lipinski definition) is 1. The lowest BCUT2D eigenvalue weighted by Gasteiger charge is -2.09. The van der Waals surface area contributed by atoms with E-state index in [-0.39, 0.29) is 11.3 Å². The second-order valence-electron chi connectivity index (χ2n) is 3.52. The van der Waals surface area contributed by atoms with Crippen LogP contribution in [0, 0.1) is 11.6 Å². The Morgan fingerprint density at radius 1 is 1.28 bits per heavy atom. The molecular formula is C11H8F4N2O. The highest BCUT2D eigenvalue weighted by Gasteiger charge is 2.22. The van der Waals surface area contributed by atoms with Gasteiger partial charge in [0.15, 0.2) is 5.82 Å². The minimum Gasteiger partial charge on any atom is -0.392 e. The summed E-state index contributed by atoms with van der Waals surface area (Å²) < 4.78 is 52.6. The summed E-state index contributed by atoms with van der Waals surface area (Å²) in [6, 6.07) is 2.52. The third-order valence-corrected chi connectivity index (χ3v) is 2.40. The van der Waals surface area contributed by atoms with Crippen LogP contribution in [0.4, 0.5) is 17.6 Å². The Hall–Kier alpha value is -1.89. The number of rotatable bonds is 3. The van der Waals surface area contributed by atoms with Crippen molar-refractivity contribution in [1.82, 2.24) is 9.78 Å². The molecule has 1 heterocycles. The van der Waals surface area contributed by atoms with Gasteiger partial charge in [-0.3, -0.25) is 0 Å². The molecule has 0 fully saturated rings. The number of halogens is 4. The maximum absolute atomic E-state index is 13.5. The van der Waals surface area contributed by atoms with Gasteiger partial charge in [0.2, 0.25) is 0 Å². The minimum atomic E-state index is -2.93. The van der Waals surface area contributed by atoms with E-state index in [1.54, 1.807) is 0 Å². The van der Waals surface area contributed by atoms with Gasteiger partial charge in [0.1, 0.15) is 17.2 Å². The van der Waals surface area contributed by atoms with Crippen LogP contribution in [0.25, 0.3) is 5.69 Å². The molecule has 0 unspecified atom stereocenters. The minimum absolute atomic E-state index is 0.103. The quantitative estimate of drug-likeness (QED) is 0.861. The van der Waals surface area contributed by atoms with Gasteiger partial charge in [-0.2, -0.15) is 5.10 Å². The summed E-state index contributed by atoms with van der Waals surface area (Å²) in [7, 11) is 0. The van der Waals surface area contributed by atoms with Gasteiger partial charge in [-0.15, -0.1) is 0 Å². The van der Waals surface area contributed by atoms with Crippen molar-refractivity contribution in [1.29, 1.82) is 0 Å². The van der Waals surface area contributed by atoms with Crippen molar-refractivity contribution in [2.45, 2.75) is 13.0 Å². The van der Waals surface area contributed by atoms with Crippen molar-refractivity contribution >= 4 is 0 Å². The molecule has 18 heavy (non-hydrogen) atoms. The van der Waals surface area contributed by atoms with E-state index >= 15 is 0 Å². The molecule has 0 amide bonds. The van der Waals surface area contributed by atoms with Gasteiger partial charge >= 0.3 is 0 Å². The lowest BCUT2D eigenvalue weighted by Crippen LogP contribution is -2.06. The maximum Gasteiger partial charge on any atom is 0.280 e. The van der Waals surface area contributed by atoms with E-state index in [0.717, 1.165) is 18.3 Å². The molecule has 0 spiro atoms. The molecule has 0 radical (unpaired) electrons. The van der Waals surface area contributed by atoms with E-state index in [4.69, 9.17) is 5.11 Å². The molecular weight excluding hydrogens is 252 g/mol. The maximum atomic E-state index is 13.5. The van der Waals surface area contributed by atoms with Crippen molar-refractivity contribution in [3.8, 4) is 5.69 Å². The molecule has 1 aromatic heterocycles. The van der Waals surface area contributed by atoms with Crippen molar-refractivity contribution in [3.05, 3.63) is 47.3 Å². The zero-order valence-electron chi connectivity index (χ0n) is 8.95. The summed E-state index contributed by atoms with van der Waals surface area (Å²) in [5.41, 5.74) is -1.01. The first-order valence-electron chi connectivity index (χ1n) is 4.95. The molecule has 0 saturated carbocycles. The van der Waals surface area contributed by atoms with E-state index in [0.29, 0.717) is 10.7 Å². The Labute approximate surface area is 99.3 Å². The molecule has 3 nitrogen and oxygen atoms in total. The second-order valence-corrected chi connectivity index (χ2v) is 3.52. The predicted molar refractivity (Wildman–Crippen MR) is 54.4 cm³/mol. The summed E-state index contributed by atoms with van der Waals surface area (Å²) in [6.07, 6.45) is -1.91. The summed E-state index contributed by atoms with van der Waals surface area (Å²) in [5, 5.41) is 12.5. The number of benzene rings is 1. The SMILES string of the molecule is OCc1cnn(-c2ccc(F)cc2F)c1C(F)F. The average Bonchev–Trinajstić information content (AvgIpc) is 2.72. The summed E-state index contributed by atoms with van der Waals surface area (Å²) >= 11 is 0. The zero-order chi connectivity index (χ0) is 13.3. The topological polar surface area (TPSA) is 38.1 Å². The molecule has 0 bridgehead atoms. The first-order valence-corrected chi connectivity index (χ1v) is 4.95. The van der Waals surface area contributed by atoms with E-state index in [2.05, 4.69) is 5.10 Å². The molecule has 0 aliphatic heterocycles. The lowest BCUT2D eigenvalue weighted by atomic mass is 10.2. The van der Waals surface area contributed by atoms with E-state index in [1.807, 2.05) is 0 Å². The first kappa shape index (κ1) is 12.6. The lowest BCUT2D eigenvalue weighted by molar-refractivity contribution is 0.138. The first-order chi connectivity index (χ1) is 8.54. The number of hydrogen-bond acceptors (Lipinski definition) is 2. The average molecular weight is 260 g/mol. The smallest absolute Gasteiger partial charge is 0.280 e. The van der Waals surface area contributed by atoms with E-state index in [9.17, 15) is 17.6 Å². The molecule has 1 N–H and O–H groups in total. The highest BCUT2D eigenvalue weighted by molar-refractivity contribution is 5.37. The Morgan fingerprint density at radius 3 is 2.56 bits per heavy atom. The fraction of sp³-hybridized carbons (Fsp3) is 0.182. The van der Waals surface area contributed by atoms with Gasteiger partial charge in [0.05, 0.1) is 12.8 Å². The second kappa shape index (κ2) is 4.77. The monoisotopic (exact) mass is 260 g/mol. The molecule has 96 valence electrons. The highest BCUT2D eigenvalue weighted by Crippen LogP contribution is 2.27. The fourth-order valence-corrected chi connectivity index (χ4v) is 1.59. The number of alkyl halides is 2. The van der Waals surface area contributed by atoms with Crippen molar-refractivity contribution < 1.29 is 22.7 Å². The molecule has 2 aromatic rings. The highest BCUT2D eigenvalue weighted by atomic mass is 19.3. The largest absolute Gasteiger partial charge is 0.392 e. The Morgan fingerprint density at radius 2 is 2.00 bits per heavy atom. The molecule has 0 aliphatic rings. The molecule has 0 saturated heterocycles. The Kier molecular flexibility index (Phi) is 3.33. The Bertz CT molecular complexity index is 568. The van der Waals surface area contributed by atoms with Crippen molar-refractivity contribution in [2.24, 2.45) is 0 Å². The predicted octanol–water partition coefficient (Wildman–Crippen LogP) is 2.58. The van der Waals surface area contributed by atoms with Crippen LogP contribution in [-0.4, -0.2) is 14.9 Å². The molecule has 7 heteroatoms. The van der Waals surface area contributed by atoms with Crippen LogP contribution in [0.1, 0.15) is 17.7 Å². The molecule has 0 aliphatic carbocycles. The summed E-state index contributed by atoms with van der Waals surface area (Å²) in [5.74, 6) is -1.83. The van der Waals surface area contributed by atoms with Crippen LogP contribution in [0.2, 0.25) is 0 Å². The van der Waals surface area contributed by atoms with Crippen molar-refractivity contribution in [2.75, 3.05) is 0 Å². The van der Waals surface area contributed by atoms with Crippen LogP contribution < -0.4 is 0 Å². The number of aliphatic hydroxyl groups is 1. The number of nitrogens with zero attached hydrogens (tertiary/aromatic N) is 2. The van der Waals surface area contributed by atoms with Gasteiger partial charge < -0.3 is 5.11 Å². The van der Waals surface area contributed by atoms with E-state index in [1.165, 1.54) is 0 Å². The normalized spacial score (nSPS) is 11.2. The van der Waals surface area contributed by atoms with Gasteiger partial charge in [0.25, 0.3) is 6.43 Å². The van der Waals surface area contributed by atoms with Gasteiger partial charge in [-0.1, -0.05) is 0 Å². The summed E-state index contributed by atoms with van der Waals surface area (Å²) in [6.45, 7) is -0.636.